The highest BCUT2D eigenvalue weighted by Gasteiger charge is 2.33. The maximum atomic E-state index is 9.00. The molecule has 5 nitrogen and oxygen atoms in total. The van der Waals surface area contributed by atoms with Crippen molar-refractivity contribution in [3.8, 4) is 17.3 Å². The van der Waals surface area contributed by atoms with Crippen LogP contribution in [0.4, 0.5) is 0 Å². The number of hydrogen-bond acceptors (Lipinski definition) is 4. The van der Waals surface area contributed by atoms with Crippen LogP contribution in [-0.4, -0.2) is 41.2 Å². The largest absolute Gasteiger partial charge is 0.381 e. The molecule has 0 amide bonds. The van der Waals surface area contributed by atoms with E-state index in [4.69, 9.17) is 15.0 Å². The van der Waals surface area contributed by atoms with Gasteiger partial charge in [-0.1, -0.05) is 31.2 Å². The van der Waals surface area contributed by atoms with Crippen molar-refractivity contribution >= 4 is 0 Å². The number of aryl methyl sites for hydroxylation is 2. The van der Waals surface area contributed by atoms with Crippen molar-refractivity contribution in [2.75, 3.05) is 26.3 Å². The summed E-state index contributed by atoms with van der Waals surface area (Å²) in [6, 6.07) is 17.0. The number of rotatable bonds is 5. The number of ether oxygens (including phenoxy) is 1. The first-order valence-corrected chi connectivity index (χ1v) is 11.9. The molecule has 2 aromatic carbocycles. The molecule has 2 aliphatic heterocycles. The Labute approximate surface area is 196 Å². The molecule has 1 N–H and O–H groups in total. The lowest BCUT2D eigenvalue weighted by Gasteiger charge is -2.39. The van der Waals surface area contributed by atoms with E-state index in [1.54, 1.807) is 0 Å². The Hall–Kier alpha value is -2.94. The third kappa shape index (κ3) is 4.34. The van der Waals surface area contributed by atoms with Crippen LogP contribution >= 0.6 is 0 Å². The third-order valence-corrected chi connectivity index (χ3v) is 7.48. The molecule has 33 heavy (non-hydrogen) atoms. The molecule has 0 aliphatic carbocycles. The summed E-state index contributed by atoms with van der Waals surface area (Å²) >= 11 is 0. The van der Waals surface area contributed by atoms with Gasteiger partial charge in [0.15, 0.2) is 0 Å². The quantitative estimate of drug-likeness (QED) is 0.590. The zero-order valence-corrected chi connectivity index (χ0v) is 19.8. The molecule has 0 unspecified atom stereocenters. The zero-order chi connectivity index (χ0) is 23.0. The number of aromatic amines is 1. The van der Waals surface area contributed by atoms with Gasteiger partial charge >= 0.3 is 0 Å². The smallest absolute Gasteiger partial charge is 0.113 e. The second-order valence-electron chi connectivity index (χ2n) is 10.0. The monoisotopic (exact) mass is 440 g/mol. The van der Waals surface area contributed by atoms with Gasteiger partial charge in [-0.05, 0) is 61.6 Å². The van der Waals surface area contributed by atoms with Crippen molar-refractivity contribution in [3.63, 3.8) is 0 Å². The van der Waals surface area contributed by atoms with Crippen molar-refractivity contribution in [2.24, 2.45) is 0 Å². The maximum absolute atomic E-state index is 9.00. The van der Waals surface area contributed by atoms with E-state index < -0.39 is 0 Å². The predicted molar refractivity (Wildman–Crippen MR) is 130 cm³/mol. The SMILES string of the molecule is Cc1ccc(CN2CC(c3ccc(C#N)cc3)C2)cc1-c1nc(C2(C)CCOCC2)[nH]c1C. The normalized spacial score (nSPS) is 18.6. The van der Waals surface area contributed by atoms with Gasteiger partial charge in [0.2, 0.25) is 0 Å². The standard InChI is InChI=1S/C28H32N4O/c1-19-4-5-22(16-32-17-24(18-32)23-8-6-21(15-29)7-9-23)14-25(19)26-20(2)30-27(31-26)28(3)10-12-33-13-11-28/h4-9,14,24H,10-13,16-18H2,1-3H3,(H,30,31). The van der Waals surface area contributed by atoms with E-state index in [-0.39, 0.29) is 5.41 Å². The van der Waals surface area contributed by atoms with Crippen LogP contribution in [0.5, 0.6) is 0 Å². The number of H-pyrrole nitrogens is 1. The second-order valence-corrected chi connectivity index (χ2v) is 10.0. The first-order valence-electron chi connectivity index (χ1n) is 11.9. The average Bonchev–Trinajstić information content (AvgIpc) is 3.20. The Balaban J connectivity index is 1.30. The van der Waals surface area contributed by atoms with Gasteiger partial charge in [-0.25, -0.2) is 4.98 Å². The summed E-state index contributed by atoms with van der Waals surface area (Å²) in [5.74, 6) is 1.65. The van der Waals surface area contributed by atoms with Crippen LogP contribution in [0.2, 0.25) is 0 Å². The first kappa shape index (κ1) is 21.9. The number of benzene rings is 2. The van der Waals surface area contributed by atoms with E-state index in [9.17, 15) is 0 Å². The number of hydrogen-bond donors (Lipinski definition) is 1. The summed E-state index contributed by atoms with van der Waals surface area (Å²) in [7, 11) is 0. The van der Waals surface area contributed by atoms with Crippen LogP contribution in [0.25, 0.3) is 11.3 Å². The molecule has 5 heteroatoms. The van der Waals surface area contributed by atoms with Gasteiger partial charge in [0, 0.05) is 55.4 Å². The van der Waals surface area contributed by atoms with E-state index in [2.05, 4.69) is 67.1 Å². The lowest BCUT2D eigenvalue weighted by Crippen LogP contribution is -2.44. The highest BCUT2D eigenvalue weighted by atomic mass is 16.5. The Morgan fingerprint density at radius 3 is 2.55 bits per heavy atom. The van der Waals surface area contributed by atoms with E-state index in [1.807, 2.05) is 12.1 Å². The fraction of sp³-hybridized carbons (Fsp3) is 0.429. The topological polar surface area (TPSA) is 64.9 Å². The molecule has 170 valence electrons. The first-order chi connectivity index (χ1) is 15.9. The fourth-order valence-electron chi connectivity index (χ4n) is 5.09. The van der Waals surface area contributed by atoms with Crippen LogP contribution in [0.15, 0.2) is 42.5 Å². The Bertz CT molecular complexity index is 1180. The molecule has 0 bridgehead atoms. The number of nitrogens with one attached hydrogen (secondary N) is 1. The fourth-order valence-corrected chi connectivity index (χ4v) is 5.09. The van der Waals surface area contributed by atoms with Gasteiger partial charge < -0.3 is 9.72 Å². The maximum Gasteiger partial charge on any atom is 0.113 e. The Kier molecular flexibility index (Phi) is 5.82. The van der Waals surface area contributed by atoms with Crippen LogP contribution < -0.4 is 0 Å². The minimum atomic E-state index is 0.0604. The number of aromatic nitrogens is 2. The lowest BCUT2D eigenvalue weighted by molar-refractivity contribution is 0.0538. The molecular formula is C28H32N4O. The van der Waals surface area contributed by atoms with Gasteiger partial charge in [0.25, 0.3) is 0 Å². The second kappa shape index (κ2) is 8.78. The van der Waals surface area contributed by atoms with Crippen LogP contribution in [-0.2, 0) is 16.7 Å². The third-order valence-electron chi connectivity index (χ3n) is 7.48. The number of likely N-dealkylation sites (tertiary alicyclic amines) is 1. The minimum absolute atomic E-state index is 0.0604. The van der Waals surface area contributed by atoms with Crippen LogP contribution in [0.1, 0.15) is 59.5 Å². The van der Waals surface area contributed by atoms with Crippen molar-refractivity contribution in [2.45, 2.75) is 51.5 Å². The molecular weight excluding hydrogens is 408 g/mol. The summed E-state index contributed by atoms with van der Waals surface area (Å²) in [6.07, 6.45) is 2.02. The van der Waals surface area contributed by atoms with E-state index in [1.165, 1.54) is 22.3 Å². The van der Waals surface area contributed by atoms with Crippen LogP contribution in [0.3, 0.4) is 0 Å². The predicted octanol–water partition coefficient (Wildman–Crippen LogP) is 5.23. The lowest BCUT2D eigenvalue weighted by atomic mass is 9.82. The molecule has 2 fully saturated rings. The van der Waals surface area contributed by atoms with Gasteiger partial charge in [-0.15, -0.1) is 0 Å². The molecule has 2 aliphatic rings. The van der Waals surface area contributed by atoms with E-state index >= 15 is 0 Å². The Morgan fingerprint density at radius 1 is 1.12 bits per heavy atom. The molecule has 3 heterocycles. The van der Waals surface area contributed by atoms with Crippen molar-refractivity contribution in [3.05, 3.63) is 76.2 Å². The van der Waals surface area contributed by atoms with Crippen molar-refractivity contribution < 1.29 is 4.74 Å². The van der Waals surface area contributed by atoms with E-state index in [0.717, 1.165) is 68.5 Å². The van der Waals surface area contributed by atoms with Gasteiger partial charge in [-0.2, -0.15) is 5.26 Å². The zero-order valence-electron chi connectivity index (χ0n) is 19.8. The molecule has 0 radical (unpaired) electrons. The number of nitriles is 1. The molecule has 0 saturated carbocycles. The van der Waals surface area contributed by atoms with Gasteiger partial charge in [0.1, 0.15) is 5.82 Å². The highest BCUT2D eigenvalue weighted by Crippen LogP contribution is 2.36. The Morgan fingerprint density at radius 2 is 1.85 bits per heavy atom. The summed E-state index contributed by atoms with van der Waals surface area (Å²) < 4.78 is 5.58. The minimum Gasteiger partial charge on any atom is -0.381 e. The highest BCUT2D eigenvalue weighted by molar-refractivity contribution is 5.67. The summed E-state index contributed by atoms with van der Waals surface area (Å²) in [4.78, 5) is 11.2. The average molecular weight is 441 g/mol. The number of imidazole rings is 1. The molecule has 0 spiro atoms. The van der Waals surface area contributed by atoms with E-state index in [0.29, 0.717) is 5.92 Å². The molecule has 0 atom stereocenters. The number of nitrogens with zero attached hydrogens (tertiary/aromatic N) is 3. The van der Waals surface area contributed by atoms with Gasteiger partial charge in [0.05, 0.1) is 17.3 Å². The van der Waals surface area contributed by atoms with Crippen molar-refractivity contribution in [1.29, 1.82) is 5.26 Å². The van der Waals surface area contributed by atoms with Crippen molar-refractivity contribution in [1.82, 2.24) is 14.9 Å². The molecule has 3 aromatic rings. The molecule has 1 aromatic heterocycles. The summed E-state index contributed by atoms with van der Waals surface area (Å²) in [5.41, 5.74) is 8.16. The molecule has 2 saturated heterocycles. The summed E-state index contributed by atoms with van der Waals surface area (Å²) in [6.45, 7) is 11.3. The summed E-state index contributed by atoms with van der Waals surface area (Å²) in [5, 5.41) is 9.00. The van der Waals surface area contributed by atoms with Crippen LogP contribution in [0, 0.1) is 25.2 Å². The van der Waals surface area contributed by atoms with Gasteiger partial charge in [-0.3, -0.25) is 4.90 Å². The molecule has 5 rings (SSSR count).